The average Bonchev–Trinajstić information content (AvgIpc) is 3.15. The van der Waals surface area contributed by atoms with Crippen LogP contribution in [0, 0.1) is 0 Å². The molecule has 0 aromatic heterocycles. The Balaban J connectivity index is 1.43. The first kappa shape index (κ1) is 32.3. The second kappa shape index (κ2) is 14.1. The van der Waals surface area contributed by atoms with E-state index in [4.69, 9.17) is 4.99 Å². The first-order valence-corrected chi connectivity index (χ1v) is 17.6. The predicted molar refractivity (Wildman–Crippen MR) is 211 cm³/mol. The Morgan fingerprint density at radius 1 is 0.510 bits per heavy atom. The number of aliphatic imine (C=N–C) groups is 1. The van der Waals surface area contributed by atoms with Crippen LogP contribution in [0.3, 0.4) is 0 Å². The summed E-state index contributed by atoms with van der Waals surface area (Å²) in [6.07, 6.45) is 0. The van der Waals surface area contributed by atoms with Gasteiger partial charge >= 0.3 is 0 Å². The molecule has 1 heterocycles. The van der Waals surface area contributed by atoms with Crippen molar-refractivity contribution in [3.63, 3.8) is 0 Å². The fraction of sp³-hybridized carbons (Fsp3) is 0.159. The van der Waals surface area contributed by atoms with E-state index in [2.05, 4.69) is 201 Å². The van der Waals surface area contributed by atoms with Crippen molar-refractivity contribution in [1.82, 2.24) is 0 Å². The van der Waals surface area contributed by atoms with Crippen LogP contribution in [0.5, 0.6) is 0 Å². The molecule has 1 aliphatic rings. The highest BCUT2D eigenvalue weighted by Crippen LogP contribution is 2.56. The molecule has 49 heavy (non-hydrogen) atoms. The highest BCUT2D eigenvalue weighted by atomic mass is 32.2. The number of rotatable bonds is 10. The monoisotopic (exact) mass is 658 g/mol. The molecule has 0 amide bonds. The molecule has 6 aromatic rings. The maximum Gasteiger partial charge on any atom is 0.105 e. The zero-order valence-corrected chi connectivity index (χ0v) is 29.4. The average molecular weight is 659 g/mol. The van der Waals surface area contributed by atoms with Gasteiger partial charge in [-0.05, 0) is 58.7 Å². The number of nitrogens with zero attached hydrogens (tertiary/aromatic N) is 4. The number of anilines is 3. The van der Waals surface area contributed by atoms with Gasteiger partial charge in [-0.25, -0.2) is 4.99 Å². The lowest BCUT2D eigenvalue weighted by Gasteiger charge is -2.40. The molecular formula is C44H42N4S. The molecule has 0 unspecified atom stereocenters. The smallest absolute Gasteiger partial charge is 0.105 e. The minimum absolute atomic E-state index is 0.528. The summed E-state index contributed by atoms with van der Waals surface area (Å²) in [5.74, 6) is 0. The van der Waals surface area contributed by atoms with Gasteiger partial charge < -0.3 is 14.7 Å². The quantitative estimate of drug-likeness (QED) is 0.146. The number of hydrogen-bond acceptors (Lipinski definition) is 5. The predicted octanol–water partition coefficient (Wildman–Crippen LogP) is 10.1. The first-order valence-electron chi connectivity index (χ1n) is 16.8. The van der Waals surface area contributed by atoms with Crippen molar-refractivity contribution >= 4 is 39.6 Å². The van der Waals surface area contributed by atoms with Crippen molar-refractivity contribution < 1.29 is 0 Å². The summed E-state index contributed by atoms with van der Waals surface area (Å²) in [6.45, 7) is 1.59. The van der Waals surface area contributed by atoms with E-state index in [0.717, 1.165) is 35.1 Å². The van der Waals surface area contributed by atoms with Crippen LogP contribution in [-0.2, 0) is 17.8 Å². The van der Waals surface area contributed by atoms with Gasteiger partial charge in [0, 0.05) is 69.5 Å². The molecular weight excluding hydrogens is 617 g/mol. The van der Waals surface area contributed by atoms with E-state index in [1.54, 1.807) is 0 Å². The molecule has 4 nitrogen and oxygen atoms in total. The van der Waals surface area contributed by atoms with E-state index in [1.807, 2.05) is 11.8 Å². The lowest BCUT2D eigenvalue weighted by molar-refractivity contribution is 0.798. The summed E-state index contributed by atoms with van der Waals surface area (Å²) >= 11 is 1.84. The maximum atomic E-state index is 5.45. The molecule has 0 atom stereocenters. The molecule has 0 bridgehead atoms. The molecule has 244 valence electrons. The Labute approximate surface area is 295 Å². The third-order valence-electron chi connectivity index (χ3n) is 9.23. The van der Waals surface area contributed by atoms with Crippen LogP contribution in [-0.4, -0.2) is 33.2 Å². The Hall–Kier alpha value is -5.26. The highest BCUT2D eigenvalue weighted by Gasteiger charge is 2.43. The fourth-order valence-corrected chi connectivity index (χ4v) is 8.05. The van der Waals surface area contributed by atoms with Gasteiger partial charge in [0.05, 0.1) is 10.4 Å². The van der Waals surface area contributed by atoms with Crippen molar-refractivity contribution in [1.29, 1.82) is 0 Å². The van der Waals surface area contributed by atoms with Crippen LogP contribution in [0.15, 0.2) is 163 Å². The Morgan fingerprint density at radius 2 is 0.959 bits per heavy atom. The van der Waals surface area contributed by atoms with Gasteiger partial charge in [-0.15, -0.1) is 0 Å². The standard InChI is InChI=1S/C44H42N4S/c1-46(2)38-24-20-36(21-25-38)44(37-22-26-39(27-23-37)47(3)4)41-29-28-40(30-42(41)45-43(49-44)35-18-12-7-13-19-35)48(31-33-14-8-5-9-15-33)32-34-16-10-6-11-17-34/h5-30H,31-32H2,1-4H3. The molecule has 0 fully saturated rings. The van der Waals surface area contributed by atoms with E-state index < -0.39 is 4.75 Å². The topological polar surface area (TPSA) is 22.1 Å². The fourth-order valence-electron chi connectivity index (χ4n) is 6.57. The second-order valence-electron chi connectivity index (χ2n) is 13.0. The lowest BCUT2D eigenvalue weighted by Crippen LogP contribution is -2.30. The van der Waals surface area contributed by atoms with Crippen molar-refractivity contribution in [2.24, 2.45) is 4.99 Å². The van der Waals surface area contributed by atoms with Crippen LogP contribution in [0.1, 0.15) is 33.4 Å². The molecule has 0 saturated heterocycles. The molecule has 7 rings (SSSR count). The van der Waals surface area contributed by atoms with Gasteiger partial charge in [-0.1, -0.05) is 133 Å². The van der Waals surface area contributed by atoms with Crippen molar-refractivity contribution in [2.45, 2.75) is 17.8 Å². The molecule has 0 radical (unpaired) electrons. The summed E-state index contributed by atoms with van der Waals surface area (Å²) in [5, 5.41) is 1.01. The Kier molecular flexibility index (Phi) is 9.28. The second-order valence-corrected chi connectivity index (χ2v) is 14.2. The summed E-state index contributed by atoms with van der Waals surface area (Å²) < 4.78 is -0.528. The van der Waals surface area contributed by atoms with Crippen molar-refractivity contribution in [3.05, 3.63) is 191 Å². The SMILES string of the molecule is CN(C)c1ccc(C2(c3ccc(N(C)C)cc3)SC(c3ccccc3)=Nc3cc(N(Cc4ccccc4)Cc4ccccc4)ccc32)cc1. The van der Waals surface area contributed by atoms with Crippen LogP contribution in [0.4, 0.5) is 22.7 Å². The zero-order valence-electron chi connectivity index (χ0n) is 28.6. The molecule has 6 aromatic carbocycles. The molecule has 0 spiro atoms. The maximum absolute atomic E-state index is 5.45. The van der Waals surface area contributed by atoms with Gasteiger partial charge in [0.1, 0.15) is 5.04 Å². The van der Waals surface area contributed by atoms with Crippen LogP contribution >= 0.6 is 11.8 Å². The molecule has 0 aliphatic carbocycles. The minimum atomic E-state index is -0.528. The van der Waals surface area contributed by atoms with Gasteiger partial charge in [0.2, 0.25) is 0 Å². The molecule has 0 N–H and O–H groups in total. The molecule has 1 aliphatic heterocycles. The van der Waals surface area contributed by atoms with E-state index >= 15 is 0 Å². The van der Waals surface area contributed by atoms with E-state index in [-0.39, 0.29) is 0 Å². The molecule has 5 heteroatoms. The number of benzene rings is 6. The molecule has 0 saturated carbocycles. The van der Waals surface area contributed by atoms with Gasteiger partial charge in [0.15, 0.2) is 0 Å². The van der Waals surface area contributed by atoms with E-state index in [1.165, 1.54) is 39.2 Å². The van der Waals surface area contributed by atoms with Crippen LogP contribution < -0.4 is 14.7 Å². The van der Waals surface area contributed by atoms with Crippen LogP contribution in [0.25, 0.3) is 0 Å². The highest BCUT2D eigenvalue weighted by molar-refractivity contribution is 8.15. The van der Waals surface area contributed by atoms with Crippen molar-refractivity contribution in [3.8, 4) is 0 Å². The summed E-state index contributed by atoms with van der Waals surface area (Å²) in [5.41, 5.74) is 11.8. The summed E-state index contributed by atoms with van der Waals surface area (Å²) in [4.78, 5) is 12.2. The zero-order chi connectivity index (χ0) is 33.8. The van der Waals surface area contributed by atoms with E-state index in [0.29, 0.717) is 0 Å². The normalized spacial score (nSPS) is 13.3. The van der Waals surface area contributed by atoms with Crippen LogP contribution in [0.2, 0.25) is 0 Å². The lowest BCUT2D eigenvalue weighted by atomic mass is 9.82. The Bertz CT molecular complexity index is 1930. The van der Waals surface area contributed by atoms with Crippen molar-refractivity contribution in [2.75, 3.05) is 42.9 Å². The summed E-state index contributed by atoms with van der Waals surface area (Å²) in [6, 6.07) is 57.1. The van der Waals surface area contributed by atoms with Gasteiger partial charge in [0.25, 0.3) is 0 Å². The number of fused-ring (bicyclic) bond motifs is 1. The largest absolute Gasteiger partial charge is 0.378 e. The Morgan fingerprint density at radius 3 is 1.43 bits per heavy atom. The summed E-state index contributed by atoms with van der Waals surface area (Å²) in [7, 11) is 8.36. The third kappa shape index (κ3) is 6.72. The van der Waals surface area contributed by atoms with Gasteiger partial charge in [-0.2, -0.15) is 0 Å². The first-order chi connectivity index (χ1) is 23.9. The van der Waals surface area contributed by atoms with Gasteiger partial charge in [-0.3, -0.25) is 0 Å². The minimum Gasteiger partial charge on any atom is -0.378 e. The third-order valence-corrected chi connectivity index (χ3v) is 10.7. The number of thioether (sulfide) groups is 1. The van der Waals surface area contributed by atoms with E-state index in [9.17, 15) is 0 Å². The number of hydrogen-bond donors (Lipinski definition) is 0.